The SMILES string of the molecule is CCN(Cc1cc([N+](=O)[O-])ccc1Cl)C(C)CN(C)C. The van der Waals surface area contributed by atoms with E-state index in [1.165, 1.54) is 6.07 Å². The van der Waals surface area contributed by atoms with Crippen LogP contribution in [0.25, 0.3) is 0 Å². The van der Waals surface area contributed by atoms with Gasteiger partial charge in [-0.15, -0.1) is 0 Å². The molecule has 0 aliphatic rings. The molecule has 0 N–H and O–H groups in total. The molecule has 0 saturated heterocycles. The molecule has 0 bridgehead atoms. The lowest BCUT2D eigenvalue weighted by atomic mass is 10.1. The van der Waals surface area contributed by atoms with E-state index in [0.717, 1.165) is 18.7 Å². The molecule has 6 heteroatoms. The van der Waals surface area contributed by atoms with E-state index in [0.29, 0.717) is 17.6 Å². The van der Waals surface area contributed by atoms with Gasteiger partial charge in [-0.05, 0) is 39.2 Å². The zero-order chi connectivity index (χ0) is 15.3. The second-order valence-corrected chi connectivity index (χ2v) is 5.61. The highest BCUT2D eigenvalue weighted by Gasteiger charge is 2.16. The van der Waals surface area contributed by atoms with Gasteiger partial charge in [-0.2, -0.15) is 0 Å². The molecule has 20 heavy (non-hydrogen) atoms. The average molecular weight is 300 g/mol. The molecule has 5 nitrogen and oxygen atoms in total. The summed E-state index contributed by atoms with van der Waals surface area (Å²) in [5, 5.41) is 11.4. The minimum atomic E-state index is -0.390. The summed E-state index contributed by atoms with van der Waals surface area (Å²) in [5.41, 5.74) is 0.883. The maximum atomic E-state index is 10.8. The minimum Gasteiger partial charge on any atom is -0.308 e. The van der Waals surface area contributed by atoms with Crippen LogP contribution in [0, 0.1) is 10.1 Å². The lowest BCUT2D eigenvalue weighted by molar-refractivity contribution is -0.384. The van der Waals surface area contributed by atoms with Crippen molar-refractivity contribution >= 4 is 17.3 Å². The number of halogens is 1. The normalized spacial score (nSPS) is 12.9. The van der Waals surface area contributed by atoms with Gasteiger partial charge >= 0.3 is 0 Å². The van der Waals surface area contributed by atoms with Gasteiger partial charge in [-0.25, -0.2) is 0 Å². The molecule has 0 heterocycles. The molecule has 1 aromatic carbocycles. The van der Waals surface area contributed by atoms with Gasteiger partial charge < -0.3 is 4.90 Å². The molecule has 0 amide bonds. The maximum Gasteiger partial charge on any atom is 0.269 e. The van der Waals surface area contributed by atoms with Crippen LogP contribution in [0.3, 0.4) is 0 Å². The Kier molecular flexibility index (Phi) is 6.39. The highest BCUT2D eigenvalue weighted by Crippen LogP contribution is 2.24. The van der Waals surface area contributed by atoms with Crippen LogP contribution in [0.2, 0.25) is 5.02 Å². The molecule has 0 aliphatic heterocycles. The van der Waals surface area contributed by atoms with Crippen molar-refractivity contribution in [2.24, 2.45) is 0 Å². The van der Waals surface area contributed by atoms with Gasteiger partial charge in [0.2, 0.25) is 0 Å². The molecule has 0 aliphatic carbocycles. The van der Waals surface area contributed by atoms with Gasteiger partial charge in [0.05, 0.1) is 4.92 Å². The van der Waals surface area contributed by atoms with E-state index in [4.69, 9.17) is 11.6 Å². The molecular formula is C14H22ClN3O2. The molecular weight excluding hydrogens is 278 g/mol. The first-order valence-electron chi connectivity index (χ1n) is 6.66. The molecule has 1 atom stereocenters. The van der Waals surface area contributed by atoms with E-state index in [9.17, 15) is 10.1 Å². The molecule has 0 saturated carbocycles. The first-order chi connectivity index (χ1) is 9.35. The predicted molar refractivity (Wildman–Crippen MR) is 82.2 cm³/mol. The second kappa shape index (κ2) is 7.57. The zero-order valence-corrected chi connectivity index (χ0v) is 13.2. The fraction of sp³-hybridized carbons (Fsp3) is 0.571. The van der Waals surface area contributed by atoms with Crippen molar-refractivity contribution in [1.82, 2.24) is 9.80 Å². The number of hydrogen-bond donors (Lipinski definition) is 0. The van der Waals surface area contributed by atoms with Crippen molar-refractivity contribution in [3.8, 4) is 0 Å². The molecule has 1 rings (SSSR count). The third-order valence-corrected chi connectivity index (χ3v) is 3.64. The first kappa shape index (κ1) is 16.9. The fourth-order valence-electron chi connectivity index (χ4n) is 2.24. The Balaban J connectivity index is 2.89. The van der Waals surface area contributed by atoms with Crippen LogP contribution >= 0.6 is 11.6 Å². The van der Waals surface area contributed by atoms with E-state index in [1.54, 1.807) is 12.1 Å². The average Bonchev–Trinajstić information content (AvgIpc) is 2.36. The Hall–Kier alpha value is -1.17. The lowest BCUT2D eigenvalue weighted by Crippen LogP contribution is -2.39. The lowest BCUT2D eigenvalue weighted by Gasteiger charge is -2.30. The molecule has 0 radical (unpaired) electrons. The summed E-state index contributed by atoms with van der Waals surface area (Å²) in [6.45, 7) is 6.65. The Morgan fingerprint density at radius 1 is 1.40 bits per heavy atom. The van der Waals surface area contributed by atoms with Crippen LogP contribution in [0.15, 0.2) is 18.2 Å². The molecule has 0 aromatic heterocycles. The molecule has 0 spiro atoms. The van der Waals surface area contributed by atoms with E-state index in [-0.39, 0.29) is 10.6 Å². The number of nitro groups is 1. The topological polar surface area (TPSA) is 49.6 Å². The number of likely N-dealkylation sites (N-methyl/N-ethyl adjacent to an activating group) is 2. The van der Waals surface area contributed by atoms with Crippen LogP contribution < -0.4 is 0 Å². The van der Waals surface area contributed by atoms with Crippen LogP contribution in [0.5, 0.6) is 0 Å². The van der Waals surface area contributed by atoms with Crippen molar-refractivity contribution in [2.75, 3.05) is 27.2 Å². The second-order valence-electron chi connectivity index (χ2n) is 5.21. The van der Waals surface area contributed by atoms with Gasteiger partial charge in [0.25, 0.3) is 5.69 Å². The maximum absolute atomic E-state index is 10.8. The van der Waals surface area contributed by atoms with Crippen molar-refractivity contribution in [2.45, 2.75) is 26.4 Å². The molecule has 0 fully saturated rings. The summed E-state index contributed by atoms with van der Waals surface area (Å²) in [4.78, 5) is 14.8. The molecule has 1 aromatic rings. The van der Waals surface area contributed by atoms with E-state index in [1.807, 2.05) is 14.1 Å². The van der Waals surface area contributed by atoms with Gasteiger partial charge in [-0.3, -0.25) is 15.0 Å². The largest absolute Gasteiger partial charge is 0.308 e. The van der Waals surface area contributed by atoms with Gasteiger partial charge in [-0.1, -0.05) is 18.5 Å². The Labute approximate surface area is 125 Å². The number of benzene rings is 1. The summed E-state index contributed by atoms with van der Waals surface area (Å²) < 4.78 is 0. The Morgan fingerprint density at radius 2 is 2.05 bits per heavy atom. The number of rotatable bonds is 7. The molecule has 1 unspecified atom stereocenters. The minimum absolute atomic E-state index is 0.0840. The summed E-state index contributed by atoms with van der Waals surface area (Å²) in [7, 11) is 4.06. The Bertz CT molecular complexity index is 466. The van der Waals surface area contributed by atoms with Gasteiger partial charge in [0, 0.05) is 36.3 Å². The first-order valence-corrected chi connectivity index (χ1v) is 7.04. The van der Waals surface area contributed by atoms with Crippen LogP contribution in [-0.2, 0) is 6.54 Å². The van der Waals surface area contributed by atoms with E-state index >= 15 is 0 Å². The fourth-order valence-corrected chi connectivity index (χ4v) is 2.42. The van der Waals surface area contributed by atoms with Crippen LogP contribution in [0.4, 0.5) is 5.69 Å². The predicted octanol–water partition coefficient (Wildman–Crippen LogP) is 3.02. The van der Waals surface area contributed by atoms with Crippen LogP contribution in [-0.4, -0.2) is 47.9 Å². The highest BCUT2D eigenvalue weighted by molar-refractivity contribution is 6.31. The molecule has 112 valence electrons. The monoisotopic (exact) mass is 299 g/mol. The van der Waals surface area contributed by atoms with Gasteiger partial charge in [0.1, 0.15) is 0 Å². The number of hydrogen-bond acceptors (Lipinski definition) is 4. The number of nitrogens with zero attached hydrogens (tertiary/aromatic N) is 3. The summed E-state index contributed by atoms with van der Waals surface area (Å²) in [5.74, 6) is 0. The highest BCUT2D eigenvalue weighted by atomic mass is 35.5. The summed E-state index contributed by atoms with van der Waals surface area (Å²) in [6, 6.07) is 4.95. The van der Waals surface area contributed by atoms with Crippen molar-refractivity contribution in [3.63, 3.8) is 0 Å². The number of non-ortho nitro benzene ring substituents is 1. The standard InChI is InChI=1S/C14H22ClN3O2/c1-5-17(11(2)9-16(3)4)10-12-8-13(18(19)20)6-7-14(12)15/h6-8,11H,5,9-10H2,1-4H3. The van der Waals surface area contributed by atoms with Gasteiger partial charge in [0.15, 0.2) is 0 Å². The smallest absolute Gasteiger partial charge is 0.269 e. The summed E-state index contributed by atoms with van der Waals surface area (Å²) in [6.07, 6.45) is 0. The van der Waals surface area contributed by atoms with Crippen molar-refractivity contribution in [3.05, 3.63) is 38.9 Å². The number of nitro benzene ring substituents is 1. The quantitative estimate of drug-likeness (QED) is 0.573. The zero-order valence-electron chi connectivity index (χ0n) is 12.5. The van der Waals surface area contributed by atoms with Crippen molar-refractivity contribution < 1.29 is 4.92 Å². The van der Waals surface area contributed by atoms with E-state index < -0.39 is 0 Å². The van der Waals surface area contributed by atoms with Crippen LogP contribution in [0.1, 0.15) is 19.4 Å². The van der Waals surface area contributed by atoms with E-state index in [2.05, 4.69) is 23.6 Å². The Morgan fingerprint density at radius 3 is 2.55 bits per heavy atom. The summed E-state index contributed by atoms with van der Waals surface area (Å²) >= 11 is 6.15. The third kappa shape index (κ3) is 4.74. The van der Waals surface area contributed by atoms with Crippen molar-refractivity contribution in [1.29, 1.82) is 0 Å². The third-order valence-electron chi connectivity index (χ3n) is 3.27.